The molecule has 6 heteroatoms. The first-order chi connectivity index (χ1) is 5.66. The van der Waals surface area contributed by atoms with E-state index in [2.05, 4.69) is 57.8 Å². The van der Waals surface area contributed by atoms with Gasteiger partial charge in [0, 0.05) is 18.3 Å². The molecule has 0 radical (unpaired) electrons. The van der Waals surface area contributed by atoms with Gasteiger partial charge in [0.2, 0.25) is 0 Å². The minimum Gasteiger partial charge on any atom is -0.0596 e. The number of hydrogen-bond donors (Lipinski definition) is 0. The van der Waals surface area contributed by atoms with Crippen LogP contribution in [0.25, 0.3) is 10.4 Å². The number of nitrogens with zero attached hydrogens (tertiary/aromatic N) is 3. The first kappa shape index (κ1) is 10.1. The summed E-state index contributed by atoms with van der Waals surface area (Å²) in [5.74, 6) is 0. The topological polar surface area (TPSA) is 48.8 Å². The molecule has 12 heavy (non-hydrogen) atoms. The standard InChI is InChI=1S/C6H2Br3N3/c7-3-1-2-4(11-12-10)6(9)5(3)8/h1-2H. The van der Waals surface area contributed by atoms with E-state index in [-0.39, 0.29) is 0 Å². The van der Waals surface area contributed by atoms with E-state index in [1.807, 2.05) is 0 Å². The summed E-state index contributed by atoms with van der Waals surface area (Å²) >= 11 is 9.93. The van der Waals surface area contributed by atoms with Gasteiger partial charge in [0.05, 0.1) is 5.69 Å². The summed E-state index contributed by atoms with van der Waals surface area (Å²) in [5.41, 5.74) is 8.78. The van der Waals surface area contributed by atoms with Gasteiger partial charge in [-0.3, -0.25) is 0 Å². The van der Waals surface area contributed by atoms with Crippen LogP contribution in [0.3, 0.4) is 0 Å². The lowest BCUT2D eigenvalue weighted by Crippen LogP contribution is -1.72. The molecule has 0 spiro atoms. The van der Waals surface area contributed by atoms with Gasteiger partial charge < -0.3 is 0 Å². The van der Waals surface area contributed by atoms with E-state index in [0.717, 1.165) is 13.4 Å². The van der Waals surface area contributed by atoms with E-state index in [1.165, 1.54) is 0 Å². The number of rotatable bonds is 1. The Morgan fingerprint density at radius 3 is 2.42 bits per heavy atom. The summed E-state index contributed by atoms with van der Waals surface area (Å²) in [6, 6.07) is 3.53. The molecule has 1 aromatic rings. The highest BCUT2D eigenvalue weighted by Crippen LogP contribution is 2.37. The minimum atomic E-state index is 0.563. The molecule has 1 aromatic carbocycles. The number of azide groups is 1. The smallest absolute Gasteiger partial charge is 0.0529 e. The summed E-state index contributed by atoms with van der Waals surface area (Å²) in [7, 11) is 0. The van der Waals surface area contributed by atoms with E-state index in [4.69, 9.17) is 5.53 Å². The fourth-order valence-electron chi connectivity index (χ4n) is 0.641. The normalized spacial score (nSPS) is 9.25. The van der Waals surface area contributed by atoms with Crippen molar-refractivity contribution in [2.45, 2.75) is 0 Å². The second kappa shape index (κ2) is 4.28. The molecule has 0 unspecified atom stereocenters. The second-order valence-electron chi connectivity index (χ2n) is 1.88. The van der Waals surface area contributed by atoms with Crippen LogP contribution in [-0.4, -0.2) is 0 Å². The molecule has 0 aromatic heterocycles. The SMILES string of the molecule is [N-]=[N+]=Nc1ccc(Br)c(Br)c1Br. The van der Waals surface area contributed by atoms with E-state index < -0.39 is 0 Å². The zero-order chi connectivity index (χ0) is 9.14. The van der Waals surface area contributed by atoms with Gasteiger partial charge in [-0.1, -0.05) is 11.2 Å². The minimum absolute atomic E-state index is 0.563. The molecule has 0 N–H and O–H groups in total. The van der Waals surface area contributed by atoms with Crippen LogP contribution < -0.4 is 0 Å². The lowest BCUT2D eigenvalue weighted by molar-refractivity contribution is 1.41. The largest absolute Gasteiger partial charge is 0.0596 e. The quantitative estimate of drug-likeness (QED) is 0.297. The van der Waals surface area contributed by atoms with Crippen molar-refractivity contribution >= 4 is 53.5 Å². The number of benzene rings is 1. The molecule has 1 rings (SSSR count). The summed E-state index contributed by atoms with van der Waals surface area (Å²) in [4.78, 5) is 2.70. The molecular formula is C6H2Br3N3. The Hall–Kier alpha value is -0.0300. The molecule has 0 bridgehead atoms. The maximum Gasteiger partial charge on any atom is 0.0529 e. The summed E-state index contributed by atoms with van der Waals surface area (Å²) in [6.45, 7) is 0. The van der Waals surface area contributed by atoms with Gasteiger partial charge in [0.15, 0.2) is 0 Å². The Morgan fingerprint density at radius 2 is 1.83 bits per heavy atom. The maximum absolute atomic E-state index is 8.21. The van der Waals surface area contributed by atoms with Crippen LogP contribution in [0.4, 0.5) is 5.69 Å². The van der Waals surface area contributed by atoms with Crippen LogP contribution in [0.1, 0.15) is 0 Å². The van der Waals surface area contributed by atoms with Gasteiger partial charge in [-0.15, -0.1) is 0 Å². The highest BCUT2D eigenvalue weighted by atomic mass is 79.9. The van der Waals surface area contributed by atoms with Gasteiger partial charge in [0.1, 0.15) is 0 Å². The zero-order valence-corrected chi connectivity index (χ0v) is 10.4. The Labute approximate surface area is 94.2 Å². The van der Waals surface area contributed by atoms with E-state index in [0.29, 0.717) is 5.69 Å². The van der Waals surface area contributed by atoms with E-state index >= 15 is 0 Å². The van der Waals surface area contributed by atoms with Crippen LogP contribution in [0.15, 0.2) is 30.7 Å². The van der Waals surface area contributed by atoms with Crippen LogP contribution in [0, 0.1) is 0 Å². The Balaban J connectivity index is 3.35. The van der Waals surface area contributed by atoms with Gasteiger partial charge in [0.25, 0.3) is 0 Å². The fourth-order valence-corrected chi connectivity index (χ4v) is 2.00. The predicted molar refractivity (Wildman–Crippen MR) is 58.3 cm³/mol. The molecule has 62 valence electrons. The van der Waals surface area contributed by atoms with Gasteiger partial charge in [-0.25, -0.2) is 0 Å². The first-order valence-electron chi connectivity index (χ1n) is 2.85. The van der Waals surface area contributed by atoms with Crippen LogP contribution in [-0.2, 0) is 0 Å². The second-order valence-corrected chi connectivity index (χ2v) is 4.32. The molecule has 0 fully saturated rings. The highest BCUT2D eigenvalue weighted by molar-refractivity contribution is 9.14. The van der Waals surface area contributed by atoms with Crippen molar-refractivity contribution in [1.29, 1.82) is 0 Å². The zero-order valence-electron chi connectivity index (χ0n) is 5.63. The average molecular weight is 356 g/mol. The molecule has 0 saturated heterocycles. The highest BCUT2D eigenvalue weighted by Gasteiger charge is 2.04. The third kappa shape index (κ3) is 2.01. The number of halogens is 3. The van der Waals surface area contributed by atoms with Gasteiger partial charge in [-0.2, -0.15) is 0 Å². The van der Waals surface area contributed by atoms with E-state index in [9.17, 15) is 0 Å². The molecular weight excluding hydrogens is 354 g/mol. The molecule has 3 nitrogen and oxygen atoms in total. The molecule has 0 aliphatic carbocycles. The lowest BCUT2D eigenvalue weighted by Gasteiger charge is -2.01. The van der Waals surface area contributed by atoms with Gasteiger partial charge in [-0.05, 0) is 59.4 Å². The fraction of sp³-hybridized carbons (Fsp3) is 0. The van der Waals surface area contributed by atoms with Crippen molar-refractivity contribution in [3.8, 4) is 0 Å². The first-order valence-corrected chi connectivity index (χ1v) is 5.23. The molecule has 0 aliphatic heterocycles. The van der Waals surface area contributed by atoms with Crippen molar-refractivity contribution < 1.29 is 0 Å². The van der Waals surface area contributed by atoms with Gasteiger partial charge >= 0.3 is 0 Å². The predicted octanol–water partition coefficient (Wildman–Crippen LogP) is 4.92. The Kier molecular flexibility index (Phi) is 3.58. The molecule has 0 atom stereocenters. The summed E-state index contributed by atoms with van der Waals surface area (Å²) in [6.07, 6.45) is 0. The number of hydrogen-bond acceptors (Lipinski definition) is 1. The molecule has 0 aliphatic rings. The van der Waals surface area contributed by atoms with Crippen LogP contribution in [0.5, 0.6) is 0 Å². The Bertz CT molecular complexity index is 357. The van der Waals surface area contributed by atoms with Crippen molar-refractivity contribution in [3.63, 3.8) is 0 Å². The monoisotopic (exact) mass is 353 g/mol. The molecule has 0 saturated carbocycles. The van der Waals surface area contributed by atoms with Crippen molar-refractivity contribution in [2.75, 3.05) is 0 Å². The van der Waals surface area contributed by atoms with E-state index in [1.54, 1.807) is 12.1 Å². The van der Waals surface area contributed by atoms with Crippen LogP contribution in [0.2, 0.25) is 0 Å². The Morgan fingerprint density at radius 1 is 1.17 bits per heavy atom. The van der Waals surface area contributed by atoms with Crippen molar-refractivity contribution in [1.82, 2.24) is 0 Å². The summed E-state index contributed by atoms with van der Waals surface area (Å²) in [5, 5.41) is 3.49. The average Bonchev–Trinajstić information content (AvgIpc) is 2.07. The third-order valence-corrected chi connectivity index (χ3v) is 4.52. The van der Waals surface area contributed by atoms with Crippen molar-refractivity contribution in [3.05, 3.63) is 36.0 Å². The molecule has 0 amide bonds. The maximum atomic E-state index is 8.21. The molecule has 0 heterocycles. The summed E-state index contributed by atoms with van der Waals surface area (Å²) < 4.78 is 2.49. The third-order valence-electron chi connectivity index (χ3n) is 1.17. The van der Waals surface area contributed by atoms with Crippen molar-refractivity contribution in [2.24, 2.45) is 5.11 Å². The van der Waals surface area contributed by atoms with Crippen LogP contribution >= 0.6 is 47.8 Å². The lowest BCUT2D eigenvalue weighted by atomic mass is 10.3.